The molecule has 0 saturated carbocycles. The molecule has 2 saturated heterocycles. The largest absolute Gasteiger partial charge is 0.478 e. The Balaban J connectivity index is 1.42. The number of hydrogen-bond donors (Lipinski definition) is 3. The number of rotatable bonds is 8. The molecule has 3 amide bonds. The molecular weight excluding hydrogens is 642 g/mol. The number of benzene rings is 3. The maximum atomic E-state index is 14.8. The van der Waals surface area contributed by atoms with Crippen LogP contribution in [0.15, 0.2) is 54.6 Å². The van der Waals surface area contributed by atoms with Gasteiger partial charge in [0.15, 0.2) is 5.60 Å². The molecule has 248 valence electrons. The number of ether oxygens (including phenoxy) is 1. The number of nitrogens with zero attached hydrogens (tertiary/aromatic N) is 1. The second-order valence-electron chi connectivity index (χ2n) is 13.2. The van der Waals surface area contributed by atoms with E-state index >= 15 is 0 Å². The Hall–Kier alpha value is -3.66. The summed E-state index contributed by atoms with van der Waals surface area (Å²) >= 11 is 12.9. The monoisotopic (exact) mass is 680 g/mol. The molecule has 6 rings (SSSR count). The highest BCUT2D eigenvalue weighted by Gasteiger charge is 2.62. The number of carbonyl (C=O) groups is 3. The Bertz CT molecular complexity index is 1730. The molecular formula is C36H39Cl2FN4O4. The Kier molecular flexibility index (Phi) is 9.26. The average Bonchev–Trinajstić information content (AvgIpc) is 3.31. The van der Waals surface area contributed by atoms with E-state index in [0.717, 1.165) is 32.5 Å². The summed E-state index contributed by atoms with van der Waals surface area (Å²) in [4.78, 5) is 43.9. The maximum Gasteiger partial charge on any atom is 0.263 e. The summed E-state index contributed by atoms with van der Waals surface area (Å²) in [5.41, 5.74) is 0.00751. The van der Waals surface area contributed by atoms with Crippen molar-refractivity contribution in [2.75, 3.05) is 31.5 Å². The number of aryl methyl sites for hydroxylation is 1. The summed E-state index contributed by atoms with van der Waals surface area (Å²) in [6.07, 6.45) is 3.47. The molecule has 1 spiro atoms. The van der Waals surface area contributed by atoms with Gasteiger partial charge in [0, 0.05) is 46.7 Å². The molecule has 0 unspecified atom stereocenters. The Morgan fingerprint density at radius 2 is 1.74 bits per heavy atom. The molecule has 3 aliphatic rings. The summed E-state index contributed by atoms with van der Waals surface area (Å²) < 4.78 is 21.3. The standard InChI is InChI=1S/C36H39Cl2FN4O4/c1-21-7-10-24(39)19-25(21)32-36(27-11-8-23(38)18-29(27)41-34(36)46)28(20-31(44)42-32)26-17-22(37)9-12-30(26)47-35(2,3)33(45)40-13-16-43-14-5-4-6-15-43/h7-12,17-19,28,32H,4-6,13-16,20H2,1-3H3,(H,40,45)(H,41,46)(H,42,44)/t28-,32+,36-/m1/s1. The number of anilines is 1. The lowest BCUT2D eigenvalue weighted by atomic mass is 9.59. The third kappa shape index (κ3) is 6.33. The molecule has 8 nitrogen and oxygen atoms in total. The minimum atomic E-state index is -1.45. The zero-order valence-corrected chi connectivity index (χ0v) is 28.2. The molecule has 3 heterocycles. The predicted octanol–water partition coefficient (Wildman–Crippen LogP) is 6.44. The van der Waals surface area contributed by atoms with Crippen LogP contribution in [0.5, 0.6) is 5.75 Å². The topological polar surface area (TPSA) is 99.8 Å². The van der Waals surface area contributed by atoms with Gasteiger partial charge in [0.25, 0.3) is 5.91 Å². The first-order valence-electron chi connectivity index (χ1n) is 16.1. The maximum absolute atomic E-state index is 14.8. The van der Waals surface area contributed by atoms with Crippen molar-refractivity contribution in [3.8, 4) is 5.75 Å². The molecule has 2 fully saturated rings. The minimum absolute atomic E-state index is 0.0977. The minimum Gasteiger partial charge on any atom is -0.478 e. The van der Waals surface area contributed by atoms with Crippen molar-refractivity contribution in [2.24, 2.45) is 0 Å². The van der Waals surface area contributed by atoms with E-state index in [1.165, 1.54) is 18.6 Å². The number of likely N-dealkylation sites (tertiary alicyclic amines) is 1. The van der Waals surface area contributed by atoms with Gasteiger partial charge in [-0.2, -0.15) is 0 Å². The lowest BCUT2D eigenvalue weighted by molar-refractivity contribution is -0.135. The molecule has 0 aliphatic carbocycles. The number of hydrogen-bond acceptors (Lipinski definition) is 5. The van der Waals surface area contributed by atoms with E-state index in [4.69, 9.17) is 27.9 Å². The fraction of sp³-hybridized carbons (Fsp3) is 0.417. The van der Waals surface area contributed by atoms with E-state index in [0.29, 0.717) is 50.3 Å². The van der Waals surface area contributed by atoms with Crippen molar-refractivity contribution in [1.82, 2.24) is 15.5 Å². The zero-order valence-electron chi connectivity index (χ0n) is 26.7. The number of nitrogens with one attached hydrogen (secondary N) is 3. The van der Waals surface area contributed by atoms with Crippen LogP contribution in [0.25, 0.3) is 0 Å². The molecule has 3 atom stereocenters. The van der Waals surface area contributed by atoms with Gasteiger partial charge in [-0.05, 0) is 106 Å². The van der Waals surface area contributed by atoms with Gasteiger partial charge in [-0.25, -0.2) is 4.39 Å². The van der Waals surface area contributed by atoms with Crippen LogP contribution in [0.3, 0.4) is 0 Å². The highest BCUT2D eigenvalue weighted by atomic mass is 35.5. The average molecular weight is 682 g/mol. The van der Waals surface area contributed by atoms with Gasteiger partial charge >= 0.3 is 0 Å². The van der Waals surface area contributed by atoms with Crippen LogP contribution in [0, 0.1) is 12.7 Å². The molecule has 0 aromatic heterocycles. The van der Waals surface area contributed by atoms with Gasteiger partial charge in [-0.15, -0.1) is 0 Å². The number of piperidine rings is 2. The first-order chi connectivity index (χ1) is 22.4. The van der Waals surface area contributed by atoms with Crippen LogP contribution in [0.4, 0.5) is 10.1 Å². The van der Waals surface area contributed by atoms with Crippen LogP contribution in [0.2, 0.25) is 10.0 Å². The van der Waals surface area contributed by atoms with Gasteiger partial charge in [0.05, 0.1) is 6.04 Å². The fourth-order valence-electron chi connectivity index (χ4n) is 7.37. The Morgan fingerprint density at radius 1 is 1.02 bits per heavy atom. The van der Waals surface area contributed by atoms with Gasteiger partial charge in [-0.3, -0.25) is 14.4 Å². The zero-order chi connectivity index (χ0) is 33.5. The molecule has 3 aromatic carbocycles. The van der Waals surface area contributed by atoms with E-state index in [1.807, 2.05) is 6.92 Å². The molecule has 0 radical (unpaired) electrons. The van der Waals surface area contributed by atoms with Crippen LogP contribution in [-0.4, -0.2) is 54.4 Å². The normalized spacial score (nSPS) is 22.9. The smallest absolute Gasteiger partial charge is 0.263 e. The van der Waals surface area contributed by atoms with E-state index in [-0.39, 0.29) is 24.1 Å². The number of carbonyl (C=O) groups excluding carboxylic acids is 3. The van der Waals surface area contributed by atoms with E-state index < -0.39 is 28.8 Å². The van der Waals surface area contributed by atoms with Crippen molar-refractivity contribution < 1.29 is 23.5 Å². The second-order valence-corrected chi connectivity index (χ2v) is 14.1. The lowest BCUT2D eigenvalue weighted by Crippen LogP contribution is -2.57. The fourth-order valence-corrected chi connectivity index (χ4v) is 7.73. The van der Waals surface area contributed by atoms with Crippen LogP contribution < -0.4 is 20.7 Å². The van der Waals surface area contributed by atoms with Crippen LogP contribution in [0.1, 0.15) is 73.7 Å². The first-order valence-corrected chi connectivity index (χ1v) is 16.8. The molecule has 3 aliphatic heterocycles. The van der Waals surface area contributed by atoms with Crippen molar-refractivity contribution >= 4 is 46.6 Å². The summed E-state index contributed by atoms with van der Waals surface area (Å²) in [6, 6.07) is 13.5. The Labute approximate surface area is 284 Å². The quantitative estimate of drug-likeness (QED) is 0.255. The number of fused-ring (bicyclic) bond motifs is 2. The first kappa shape index (κ1) is 33.2. The van der Waals surface area contributed by atoms with Gasteiger partial charge in [0.1, 0.15) is 17.0 Å². The summed E-state index contributed by atoms with van der Waals surface area (Å²) in [5.74, 6) is -2.00. The Morgan fingerprint density at radius 3 is 2.51 bits per heavy atom. The van der Waals surface area contributed by atoms with Crippen molar-refractivity contribution in [2.45, 2.75) is 69.4 Å². The number of amides is 3. The van der Waals surface area contributed by atoms with Crippen LogP contribution in [-0.2, 0) is 19.8 Å². The molecule has 11 heteroatoms. The second kappa shape index (κ2) is 13.1. The highest BCUT2D eigenvalue weighted by Crippen LogP contribution is 2.59. The van der Waals surface area contributed by atoms with Crippen molar-refractivity contribution in [3.63, 3.8) is 0 Å². The number of halogens is 3. The van der Waals surface area contributed by atoms with Crippen LogP contribution >= 0.6 is 23.2 Å². The SMILES string of the molecule is Cc1ccc(F)cc1[C@@H]1NC(=O)C[C@H](c2cc(Cl)ccc2OC(C)(C)C(=O)NCCN2CCCCC2)[C@@]12C(=O)Nc1cc(Cl)ccc12. The van der Waals surface area contributed by atoms with Crippen molar-refractivity contribution in [3.05, 3.63) is 92.7 Å². The molecule has 0 bridgehead atoms. The lowest BCUT2D eigenvalue weighted by Gasteiger charge is -2.47. The summed E-state index contributed by atoms with van der Waals surface area (Å²) in [5, 5.41) is 9.82. The summed E-state index contributed by atoms with van der Waals surface area (Å²) in [6.45, 7) is 8.48. The van der Waals surface area contributed by atoms with E-state index in [2.05, 4.69) is 20.9 Å². The van der Waals surface area contributed by atoms with E-state index in [1.54, 1.807) is 56.3 Å². The highest BCUT2D eigenvalue weighted by molar-refractivity contribution is 6.31. The van der Waals surface area contributed by atoms with Gasteiger partial charge in [-0.1, -0.05) is 41.8 Å². The molecule has 47 heavy (non-hydrogen) atoms. The van der Waals surface area contributed by atoms with Gasteiger partial charge in [0.2, 0.25) is 11.8 Å². The van der Waals surface area contributed by atoms with Gasteiger partial charge < -0.3 is 25.6 Å². The molecule has 3 aromatic rings. The summed E-state index contributed by atoms with van der Waals surface area (Å²) in [7, 11) is 0. The van der Waals surface area contributed by atoms with E-state index in [9.17, 15) is 18.8 Å². The third-order valence-corrected chi connectivity index (χ3v) is 10.2. The third-order valence-electron chi connectivity index (χ3n) is 9.72. The predicted molar refractivity (Wildman–Crippen MR) is 181 cm³/mol. The molecule has 3 N–H and O–H groups in total. The van der Waals surface area contributed by atoms with Crippen molar-refractivity contribution in [1.29, 1.82) is 0 Å².